The van der Waals surface area contributed by atoms with Gasteiger partial charge in [-0.25, -0.2) is 13.8 Å². The predicted octanol–water partition coefficient (Wildman–Crippen LogP) is 2.71. The van der Waals surface area contributed by atoms with E-state index in [1.807, 2.05) is 13.8 Å². The van der Waals surface area contributed by atoms with E-state index in [2.05, 4.69) is 20.4 Å². The van der Waals surface area contributed by atoms with Crippen LogP contribution in [0.2, 0.25) is 0 Å². The molecule has 0 radical (unpaired) electrons. The van der Waals surface area contributed by atoms with Crippen molar-refractivity contribution in [3.8, 4) is 11.3 Å². The molecule has 2 aromatic heterocycles. The van der Waals surface area contributed by atoms with Crippen LogP contribution < -0.4 is 11.1 Å². The maximum absolute atomic E-state index is 14.2. The van der Waals surface area contributed by atoms with Crippen molar-refractivity contribution in [2.24, 2.45) is 7.05 Å². The Balaban J connectivity index is 2.34. The number of nitrogens with zero attached hydrogens (tertiary/aromatic N) is 4. The van der Waals surface area contributed by atoms with Crippen LogP contribution in [0.5, 0.6) is 0 Å². The molecule has 0 atom stereocenters. The quantitative estimate of drug-likeness (QED) is 0.776. The van der Waals surface area contributed by atoms with E-state index in [1.165, 1.54) is 16.8 Å². The summed E-state index contributed by atoms with van der Waals surface area (Å²) < 4.78 is 29.2. The first-order valence-corrected chi connectivity index (χ1v) is 7.09. The zero-order chi connectivity index (χ0) is 16.7. The Kier molecular flexibility index (Phi) is 3.59. The van der Waals surface area contributed by atoms with Gasteiger partial charge in [-0.15, -0.1) is 0 Å². The molecule has 3 aromatic rings. The molecule has 2 heterocycles. The van der Waals surface area contributed by atoms with Gasteiger partial charge in [0, 0.05) is 18.7 Å². The van der Waals surface area contributed by atoms with Gasteiger partial charge in [-0.3, -0.25) is 4.68 Å². The fourth-order valence-electron chi connectivity index (χ4n) is 2.32. The van der Waals surface area contributed by atoms with Crippen LogP contribution in [0, 0.1) is 11.6 Å². The van der Waals surface area contributed by atoms with Gasteiger partial charge in [-0.1, -0.05) is 6.07 Å². The second-order valence-electron chi connectivity index (χ2n) is 5.50. The Bertz CT molecular complexity index is 887. The first-order chi connectivity index (χ1) is 10.9. The minimum atomic E-state index is -0.980. The summed E-state index contributed by atoms with van der Waals surface area (Å²) in [5.41, 5.74) is 6.55. The summed E-state index contributed by atoms with van der Waals surface area (Å²) in [6.07, 6.45) is 0. The number of rotatable bonds is 3. The lowest BCUT2D eigenvalue weighted by Crippen LogP contribution is -2.13. The Morgan fingerprint density at radius 3 is 2.65 bits per heavy atom. The highest BCUT2D eigenvalue weighted by atomic mass is 19.2. The largest absolute Gasteiger partial charge is 0.383 e. The zero-order valence-electron chi connectivity index (χ0n) is 12.9. The highest BCUT2D eigenvalue weighted by molar-refractivity contribution is 5.99. The molecular weight excluding hydrogens is 302 g/mol. The molecule has 0 spiro atoms. The van der Waals surface area contributed by atoms with E-state index in [-0.39, 0.29) is 29.1 Å². The summed E-state index contributed by atoms with van der Waals surface area (Å²) in [5.74, 6) is -1.36. The number of aromatic nitrogens is 4. The van der Waals surface area contributed by atoms with E-state index in [1.54, 1.807) is 7.05 Å². The summed E-state index contributed by atoms with van der Waals surface area (Å²) in [7, 11) is 1.65. The molecule has 0 aliphatic rings. The van der Waals surface area contributed by atoms with Gasteiger partial charge >= 0.3 is 0 Å². The fourth-order valence-corrected chi connectivity index (χ4v) is 2.32. The van der Waals surface area contributed by atoms with Gasteiger partial charge in [0.1, 0.15) is 5.82 Å². The molecular formula is C15H16F2N6. The van der Waals surface area contributed by atoms with Gasteiger partial charge < -0.3 is 11.1 Å². The third kappa shape index (κ3) is 2.56. The first kappa shape index (κ1) is 15.1. The third-order valence-electron chi connectivity index (χ3n) is 3.36. The van der Waals surface area contributed by atoms with E-state index in [0.29, 0.717) is 11.0 Å². The molecule has 3 rings (SSSR count). The van der Waals surface area contributed by atoms with Crippen molar-refractivity contribution in [3.63, 3.8) is 0 Å². The molecule has 0 fully saturated rings. The summed E-state index contributed by atoms with van der Waals surface area (Å²) in [4.78, 5) is 8.61. The molecule has 0 aliphatic heterocycles. The highest BCUT2D eigenvalue weighted by Crippen LogP contribution is 2.33. The van der Waals surface area contributed by atoms with Gasteiger partial charge in [0.25, 0.3) is 0 Å². The van der Waals surface area contributed by atoms with Crippen molar-refractivity contribution in [2.45, 2.75) is 19.9 Å². The zero-order valence-corrected chi connectivity index (χ0v) is 12.9. The average Bonchev–Trinajstić information content (AvgIpc) is 2.76. The molecule has 0 aliphatic carbocycles. The number of nitrogens with two attached hydrogens (primary N) is 1. The van der Waals surface area contributed by atoms with E-state index < -0.39 is 11.6 Å². The lowest BCUT2D eigenvalue weighted by atomic mass is 10.1. The Hall–Kier alpha value is -2.77. The van der Waals surface area contributed by atoms with E-state index >= 15 is 0 Å². The van der Waals surface area contributed by atoms with Crippen molar-refractivity contribution in [2.75, 3.05) is 11.1 Å². The minimum Gasteiger partial charge on any atom is -0.383 e. The fraction of sp³-hybridized carbons (Fsp3) is 0.267. The van der Waals surface area contributed by atoms with E-state index in [4.69, 9.17) is 5.73 Å². The van der Waals surface area contributed by atoms with Crippen LogP contribution in [-0.2, 0) is 7.05 Å². The molecule has 23 heavy (non-hydrogen) atoms. The smallest absolute Gasteiger partial charge is 0.225 e. The average molecular weight is 318 g/mol. The van der Waals surface area contributed by atoms with Gasteiger partial charge in [0.05, 0.1) is 11.1 Å². The Morgan fingerprint density at radius 1 is 1.22 bits per heavy atom. The summed E-state index contributed by atoms with van der Waals surface area (Å²) in [5, 5.41) is 7.64. The van der Waals surface area contributed by atoms with Crippen molar-refractivity contribution in [3.05, 3.63) is 29.8 Å². The number of anilines is 2. The number of aryl methyl sites for hydroxylation is 1. The number of benzene rings is 1. The molecule has 0 bridgehead atoms. The second kappa shape index (κ2) is 5.45. The molecule has 1 aromatic carbocycles. The Labute approximate surface area is 131 Å². The van der Waals surface area contributed by atoms with Gasteiger partial charge in [0.15, 0.2) is 17.3 Å². The predicted molar refractivity (Wildman–Crippen MR) is 84.8 cm³/mol. The lowest BCUT2D eigenvalue weighted by Gasteiger charge is -2.11. The molecule has 6 nitrogen and oxygen atoms in total. The van der Waals surface area contributed by atoms with Crippen LogP contribution in [-0.4, -0.2) is 25.8 Å². The molecule has 120 valence electrons. The monoisotopic (exact) mass is 318 g/mol. The van der Waals surface area contributed by atoms with Crippen molar-refractivity contribution >= 4 is 22.8 Å². The molecule has 0 unspecified atom stereocenters. The minimum absolute atomic E-state index is 0.0175. The second-order valence-corrected chi connectivity index (χ2v) is 5.50. The summed E-state index contributed by atoms with van der Waals surface area (Å²) in [6, 6.07) is 3.99. The number of hydrogen-bond acceptors (Lipinski definition) is 5. The van der Waals surface area contributed by atoms with Gasteiger partial charge in [0.2, 0.25) is 5.95 Å². The molecule has 0 saturated heterocycles. The van der Waals surface area contributed by atoms with E-state index in [0.717, 1.165) is 6.07 Å². The van der Waals surface area contributed by atoms with Crippen LogP contribution in [0.25, 0.3) is 22.3 Å². The SMILES string of the molecule is CC(C)Nc1nc(-c2cccc(F)c2F)c2c(N)n(C)nc2n1. The lowest BCUT2D eigenvalue weighted by molar-refractivity contribution is 0.511. The maximum Gasteiger partial charge on any atom is 0.225 e. The molecule has 0 saturated carbocycles. The molecule has 0 amide bonds. The van der Waals surface area contributed by atoms with Gasteiger partial charge in [-0.2, -0.15) is 10.1 Å². The molecule has 8 heteroatoms. The first-order valence-electron chi connectivity index (χ1n) is 7.09. The van der Waals surface area contributed by atoms with Crippen LogP contribution in [0.4, 0.5) is 20.5 Å². The third-order valence-corrected chi connectivity index (χ3v) is 3.36. The van der Waals surface area contributed by atoms with Crippen LogP contribution in [0.1, 0.15) is 13.8 Å². The van der Waals surface area contributed by atoms with E-state index in [9.17, 15) is 8.78 Å². The highest BCUT2D eigenvalue weighted by Gasteiger charge is 2.20. The maximum atomic E-state index is 14.2. The van der Waals surface area contributed by atoms with Crippen molar-refractivity contribution < 1.29 is 8.78 Å². The van der Waals surface area contributed by atoms with Gasteiger partial charge in [-0.05, 0) is 26.0 Å². The number of nitrogens with one attached hydrogen (secondary N) is 1. The molecule has 3 N–H and O–H groups in total. The number of halogens is 2. The van der Waals surface area contributed by atoms with Crippen LogP contribution in [0.15, 0.2) is 18.2 Å². The van der Waals surface area contributed by atoms with Crippen LogP contribution >= 0.6 is 0 Å². The number of fused-ring (bicyclic) bond motifs is 1. The number of nitrogen functional groups attached to an aromatic ring is 1. The topological polar surface area (TPSA) is 81.6 Å². The summed E-state index contributed by atoms with van der Waals surface area (Å²) >= 11 is 0. The van der Waals surface area contributed by atoms with Crippen molar-refractivity contribution in [1.29, 1.82) is 0 Å². The number of hydrogen-bond donors (Lipinski definition) is 2. The normalized spacial score (nSPS) is 11.4. The van der Waals surface area contributed by atoms with Crippen molar-refractivity contribution in [1.82, 2.24) is 19.7 Å². The summed E-state index contributed by atoms with van der Waals surface area (Å²) in [6.45, 7) is 3.84. The standard InChI is InChI=1S/C15H16F2N6/c1-7(2)19-15-20-12(8-5-4-6-9(16)11(8)17)10-13(18)23(3)22-14(10)21-15/h4-7H,18H2,1-3H3,(H,19,21,22). The van der Waals surface area contributed by atoms with Crippen LogP contribution in [0.3, 0.4) is 0 Å². The Morgan fingerprint density at radius 2 is 1.96 bits per heavy atom.